The second kappa shape index (κ2) is 5.45. The number of aromatic nitrogens is 1. The van der Waals surface area contributed by atoms with Crippen molar-refractivity contribution in [2.24, 2.45) is 0 Å². The molecule has 1 aromatic heterocycles. The molecule has 1 aliphatic heterocycles. The summed E-state index contributed by atoms with van der Waals surface area (Å²) in [6.07, 6.45) is 4.30. The van der Waals surface area contributed by atoms with Gasteiger partial charge in [0.05, 0.1) is 13.2 Å². The first-order valence-corrected chi connectivity index (χ1v) is 5.45. The van der Waals surface area contributed by atoms with Crippen LogP contribution in [0.4, 0.5) is 5.82 Å². The number of carbonyl (C=O) groups is 1. The number of ether oxygens (including phenoxy) is 1. The van der Waals surface area contributed by atoms with Crippen molar-refractivity contribution in [1.82, 2.24) is 4.98 Å². The molecular weight excluding hydrogens is 220 g/mol. The van der Waals surface area contributed by atoms with E-state index < -0.39 is 5.97 Å². The topological polar surface area (TPSA) is 62.7 Å². The normalized spacial score (nSPS) is 16.4. The molecule has 90 valence electrons. The second-order valence-corrected chi connectivity index (χ2v) is 3.72. The van der Waals surface area contributed by atoms with E-state index in [9.17, 15) is 4.79 Å². The van der Waals surface area contributed by atoms with Crippen molar-refractivity contribution in [2.75, 3.05) is 31.2 Å². The summed E-state index contributed by atoms with van der Waals surface area (Å²) in [7, 11) is 0. The average molecular weight is 234 g/mol. The van der Waals surface area contributed by atoms with Gasteiger partial charge in [-0.15, -0.1) is 0 Å². The number of morpholine rings is 1. The highest BCUT2D eigenvalue weighted by Crippen LogP contribution is 2.13. The van der Waals surface area contributed by atoms with Gasteiger partial charge >= 0.3 is 5.97 Å². The fourth-order valence-corrected chi connectivity index (χ4v) is 1.64. The second-order valence-electron chi connectivity index (χ2n) is 3.72. The summed E-state index contributed by atoms with van der Waals surface area (Å²) >= 11 is 0. The first kappa shape index (κ1) is 11.6. The molecule has 1 N–H and O–H groups in total. The maximum atomic E-state index is 10.4. The van der Waals surface area contributed by atoms with Gasteiger partial charge in [0.25, 0.3) is 0 Å². The van der Waals surface area contributed by atoms with Crippen molar-refractivity contribution < 1.29 is 14.6 Å². The number of hydrogen-bond acceptors (Lipinski definition) is 4. The molecule has 5 heteroatoms. The van der Waals surface area contributed by atoms with Crippen molar-refractivity contribution in [1.29, 1.82) is 0 Å². The molecule has 0 spiro atoms. The highest BCUT2D eigenvalue weighted by atomic mass is 16.5. The van der Waals surface area contributed by atoms with Crippen LogP contribution < -0.4 is 4.90 Å². The molecular formula is C12H14N2O3. The average Bonchev–Trinajstić information content (AvgIpc) is 2.38. The highest BCUT2D eigenvalue weighted by molar-refractivity contribution is 5.85. The Morgan fingerprint density at radius 3 is 2.76 bits per heavy atom. The van der Waals surface area contributed by atoms with Crippen LogP contribution in [-0.2, 0) is 9.53 Å². The number of carboxylic acid groups (broad SMARTS) is 1. The zero-order valence-electron chi connectivity index (χ0n) is 9.37. The van der Waals surface area contributed by atoms with Gasteiger partial charge in [0.15, 0.2) is 0 Å². The molecule has 2 heterocycles. The number of rotatable bonds is 3. The SMILES string of the molecule is O=C(O)/C=C/c1ccc(N2CCOCC2)nc1. The summed E-state index contributed by atoms with van der Waals surface area (Å²) in [5, 5.41) is 8.50. The van der Waals surface area contributed by atoms with Crippen LogP contribution in [0, 0.1) is 0 Å². The summed E-state index contributed by atoms with van der Waals surface area (Å²) in [6.45, 7) is 3.14. The zero-order valence-corrected chi connectivity index (χ0v) is 9.37. The van der Waals surface area contributed by atoms with Crippen LogP contribution in [0.25, 0.3) is 6.08 Å². The third kappa shape index (κ3) is 3.29. The van der Waals surface area contributed by atoms with Gasteiger partial charge in [0.2, 0.25) is 0 Å². The molecule has 1 saturated heterocycles. The van der Waals surface area contributed by atoms with Crippen LogP contribution in [0.1, 0.15) is 5.56 Å². The molecule has 0 aliphatic carbocycles. The molecule has 0 atom stereocenters. The predicted molar refractivity (Wildman–Crippen MR) is 63.9 cm³/mol. The number of hydrogen-bond donors (Lipinski definition) is 1. The summed E-state index contributed by atoms with van der Waals surface area (Å²) in [5.74, 6) is -0.0527. The Kier molecular flexibility index (Phi) is 3.72. The predicted octanol–water partition coefficient (Wildman–Crippen LogP) is 1.02. The van der Waals surface area contributed by atoms with Crippen molar-refractivity contribution in [3.8, 4) is 0 Å². The quantitative estimate of drug-likeness (QED) is 0.791. The van der Waals surface area contributed by atoms with Gasteiger partial charge < -0.3 is 14.7 Å². The number of carboxylic acids is 1. The minimum absolute atomic E-state index is 0.725. The standard InChI is InChI=1S/C12H14N2O3/c15-12(16)4-2-10-1-3-11(13-9-10)14-5-7-17-8-6-14/h1-4,9H,5-8H2,(H,15,16)/b4-2+. The molecule has 17 heavy (non-hydrogen) atoms. The molecule has 0 bridgehead atoms. The molecule has 1 aromatic rings. The molecule has 2 rings (SSSR count). The fourth-order valence-electron chi connectivity index (χ4n) is 1.64. The van der Waals surface area contributed by atoms with Crippen LogP contribution in [0.3, 0.4) is 0 Å². The third-order valence-corrected chi connectivity index (χ3v) is 2.52. The lowest BCUT2D eigenvalue weighted by Crippen LogP contribution is -2.36. The van der Waals surface area contributed by atoms with E-state index in [1.165, 1.54) is 6.08 Å². The van der Waals surface area contributed by atoms with E-state index in [0.717, 1.165) is 43.8 Å². The minimum Gasteiger partial charge on any atom is -0.478 e. The Balaban J connectivity index is 2.04. The van der Waals surface area contributed by atoms with E-state index in [2.05, 4.69) is 9.88 Å². The summed E-state index contributed by atoms with van der Waals surface area (Å²) < 4.78 is 5.26. The molecule has 1 aliphatic rings. The van der Waals surface area contributed by atoms with E-state index in [1.54, 1.807) is 6.20 Å². The smallest absolute Gasteiger partial charge is 0.328 e. The summed E-state index contributed by atoms with van der Waals surface area (Å²) in [6, 6.07) is 3.75. The molecule has 5 nitrogen and oxygen atoms in total. The van der Waals surface area contributed by atoms with E-state index in [4.69, 9.17) is 9.84 Å². The third-order valence-electron chi connectivity index (χ3n) is 2.52. The first-order chi connectivity index (χ1) is 8.25. The van der Waals surface area contributed by atoms with Gasteiger partial charge in [-0.3, -0.25) is 0 Å². The Bertz CT molecular complexity index is 408. The maximum Gasteiger partial charge on any atom is 0.328 e. The highest BCUT2D eigenvalue weighted by Gasteiger charge is 2.11. The number of nitrogens with zero attached hydrogens (tertiary/aromatic N) is 2. The van der Waals surface area contributed by atoms with Gasteiger partial charge in [-0.1, -0.05) is 0 Å². The zero-order chi connectivity index (χ0) is 12.1. The van der Waals surface area contributed by atoms with E-state index in [-0.39, 0.29) is 0 Å². The van der Waals surface area contributed by atoms with Crippen LogP contribution in [0.5, 0.6) is 0 Å². The lowest BCUT2D eigenvalue weighted by molar-refractivity contribution is -0.131. The van der Waals surface area contributed by atoms with Gasteiger partial charge in [-0.2, -0.15) is 0 Å². The molecule has 0 saturated carbocycles. The van der Waals surface area contributed by atoms with E-state index >= 15 is 0 Å². The lowest BCUT2D eigenvalue weighted by atomic mass is 10.2. The van der Waals surface area contributed by atoms with E-state index in [0.29, 0.717) is 0 Å². The fraction of sp³-hybridized carbons (Fsp3) is 0.333. The van der Waals surface area contributed by atoms with E-state index in [1.807, 2.05) is 12.1 Å². The Morgan fingerprint density at radius 2 is 2.18 bits per heavy atom. The lowest BCUT2D eigenvalue weighted by Gasteiger charge is -2.27. The van der Waals surface area contributed by atoms with Crippen LogP contribution in [-0.4, -0.2) is 42.4 Å². The number of pyridine rings is 1. The van der Waals surface area contributed by atoms with Crippen LogP contribution in [0.2, 0.25) is 0 Å². The van der Waals surface area contributed by atoms with Crippen LogP contribution >= 0.6 is 0 Å². The molecule has 0 radical (unpaired) electrons. The first-order valence-electron chi connectivity index (χ1n) is 5.45. The number of anilines is 1. The largest absolute Gasteiger partial charge is 0.478 e. The Hall–Kier alpha value is -1.88. The van der Waals surface area contributed by atoms with Crippen molar-refractivity contribution >= 4 is 17.9 Å². The maximum absolute atomic E-state index is 10.4. The molecule has 0 amide bonds. The van der Waals surface area contributed by atoms with Crippen molar-refractivity contribution in [2.45, 2.75) is 0 Å². The van der Waals surface area contributed by atoms with Crippen molar-refractivity contribution in [3.05, 3.63) is 30.0 Å². The number of aliphatic carboxylic acids is 1. The summed E-state index contributed by atoms with van der Waals surface area (Å²) in [5.41, 5.74) is 0.782. The summed E-state index contributed by atoms with van der Waals surface area (Å²) in [4.78, 5) is 16.8. The van der Waals surface area contributed by atoms with Crippen LogP contribution in [0.15, 0.2) is 24.4 Å². The Labute approximate surface area is 99.3 Å². The van der Waals surface area contributed by atoms with Gasteiger partial charge in [0, 0.05) is 25.4 Å². The monoisotopic (exact) mass is 234 g/mol. The van der Waals surface area contributed by atoms with Gasteiger partial charge in [-0.25, -0.2) is 9.78 Å². The van der Waals surface area contributed by atoms with Crippen molar-refractivity contribution in [3.63, 3.8) is 0 Å². The molecule has 0 aromatic carbocycles. The molecule has 0 unspecified atom stereocenters. The Morgan fingerprint density at radius 1 is 1.41 bits per heavy atom. The van der Waals surface area contributed by atoms with Gasteiger partial charge in [-0.05, 0) is 23.8 Å². The minimum atomic E-state index is -0.956. The van der Waals surface area contributed by atoms with Gasteiger partial charge in [0.1, 0.15) is 5.82 Å². The molecule has 1 fully saturated rings.